The van der Waals surface area contributed by atoms with E-state index < -0.39 is 0 Å². The standard InChI is InChI=1S/C17H17FN2S2/c1-12-6-7-15(21-12)16-10-20-17(22-16)11-19-9-8-13-4-2-3-5-14(13)18/h2-7,10,19H,8-9,11H2,1H3. The second kappa shape index (κ2) is 7.13. The van der Waals surface area contributed by atoms with Gasteiger partial charge in [-0.05, 0) is 43.7 Å². The van der Waals surface area contributed by atoms with Crippen molar-refractivity contribution in [1.29, 1.82) is 0 Å². The molecule has 1 N–H and O–H groups in total. The number of aromatic nitrogens is 1. The van der Waals surface area contributed by atoms with Crippen molar-refractivity contribution < 1.29 is 4.39 Å². The van der Waals surface area contributed by atoms with Crippen molar-refractivity contribution in [1.82, 2.24) is 10.3 Å². The number of rotatable bonds is 6. The Balaban J connectivity index is 1.50. The van der Waals surface area contributed by atoms with Crippen molar-refractivity contribution in [2.75, 3.05) is 6.54 Å². The maximum atomic E-state index is 13.5. The Kier molecular flexibility index (Phi) is 4.97. The van der Waals surface area contributed by atoms with E-state index in [1.54, 1.807) is 28.7 Å². The van der Waals surface area contributed by atoms with Gasteiger partial charge in [-0.15, -0.1) is 22.7 Å². The van der Waals surface area contributed by atoms with Gasteiger partial charge in [0.05, 0.1) is 4.88 Å². The van der Waals surface area contributed by atoms with Crippen LogP contribution in [0, 0.1) is 12.7 Å². The van der Waals surface area contributed by atoms with Gasteiger partial charge in [-0.25, -0.2) is 9.37 Å². The molecule has 0 saturated heterocycles. The third-order valence-electron chi connectivity index (χ3n) is 3.34. The van der Waals surface area contributed by atoms with Crippen molar-refractivity contribution in [3.63, 3.8) is 0 Å². The molecule has 0 amide bonds. The molecule has 0 saturated carbocycles. The maximum absolute atomic E-state index is 13.5. The normalized spacial score (nSPS) is 11.0. The smallest absolute Gasteiger partial charge is 0.126 e. The van der Waals surface area contributed by atoms with E-state index in [9.17, 15) is 4.39 Å². The first kappa shape index (κ1) is 15.3. The van der Waals surface area contributed by atoms with E-state index in [0.717, 1.165) is 23.7 Å². The number of thiazole rings is 1. The molecule has 2 heterocycles. The van der Waals surface area contributed by atoms with E-state index in [-0.39, 0.29) is 5.82 Å². The van der Waals surface area contributed by atoms with E-state index in [1.807, 2.05) is 18.3 Å². The Morgan fingerprint density at radius 2 is 1.95 bits per heavy atom. The summed E-state index contributed by atoms with van der Waals surface area (Å²) in [5.74, 6) is -0.131. The number of aryl methyl sites for hydroxylation is 1. The second-order valence-electron chi connectivity index (χ2n) is 5.05. The lowest BCUT2D eigenvalue weighted by atomic mass is 10.1. The van der Waals surface area contributed by atoms with Gasteiger partial charge in [0, 0.05) is 22.5 Å². The number of hydrogen-bond acceptors (Lipinski definition) is 4. The molecule has 0 atom stereocenters. The number of halogens is 1. The molecule has 3 aromatic rings. The number of nitrogens with one attached hydrogen (secondary N) is 1. The highest BCUT2D eigenvalue weighted by atomic mass is 32.1. The Bertz CT molecular complexity index is 748. The fourth-order valence-corrected chi connectivity index (χ4v) is 4.02. The van der Waals surface area contributed by atoms with Crippen molar-refractivity contribution in [3.05, 3.63) is 63.9 Å². The average molecular weight is 332 g/mol. The van der Waals surface area contributed by atoms with Gasteiger partial charge in [0.25, 0.3) is 0 Å². The van der Waals surface area contributed by atoms with Gasteiger partial charge < -0.3 is 5.32 Å². The quantitative estimate of drug-likeness (QED) is 0.665. The summed E-state index contributed by atoms with van der Waals surface area (Å²) >= 11 is 3.50. The zero-order valence-electron chi connectivity index (χ0n) is 12.3. The summed E-state index contributed by atoms with van der Waals surface area (Å²) in [5, 5.41) is 4.40. The highest BCUT2D eigenvalue weighted by Crippen LogP contribution is 2.31. The second-order valence-corrected chi connectivity index (χ2v) is 7.45. The van der Waals surface area contributed by atoms with Gasteiger partial charge in [0.1, 0.15) is 10.8 Å². The number of thiophene rings is 1. The van der Waals surface area contributed by atoms with E-state index >= 15 is 0 Å². The molecule has 3 rings (SSSR count). The van der Waals surface area contributed by atoms with Crippen molar-refractivity contribution >= 4 is 22.7 Å². The van der Waals surface area contributed by atoms with Crippen LogP contribution >= 0.6 is 22.7 Å². The van der Waals surface area contributed by atoms with E-state index in [0.29, 0.717) is 6.42 Å². The molecule has 0 fully saturated rings. The molecule has 5 heteroatoms. The summed E-state index contributed by atoms with van der Waals surface area (Å²) in [5.41, 5.74) is 0.754. The summed E-state index contributed by atoms with van der Waals surface area (Å²) in [6.45, 7) is 3.58. The Morgan fingerprint density at radius 1 is 1.09 bits per heavy atom. The first-order valence-electron chi connectivity index (χ1n) is 7.18. The molecular weight excluding hydrogens is 315 g/mol. The minimum absolute atomic E-state index is 0.131. The number of nitrogens with zero attached hydrogens (tertiary/aromatic N) is 1. The van der Waals surface area contributed by atoms with Gasteiger partial charge in [0.15, 0.2) is 0 Å². The van der Waals surface area contributed by atoms with E-state index in [1.165, 1.54) is 20.7 Å². The third kappa shape index (κ3) is 3.80. The van der Waals surface area contributed by atoms with Gasteiger partial charge in [0.2, 0.25) is 0 Å². The Labute approximate surface area is 137 Å². The topological polar surface area (TPSA) is 24.9 Å². The van der Waals surface area contributed by atoms with Crippen molar-refractivity contribution in [3.8, 4) is 9.75 Å². The highest BCUT2D eigenvalue weighted by Gasteiger charge is 2.06. The van der Waals surface area contributed by atoms with Crippen LogP contribution in [-0.4, -0.2) is 11.5 Å². The van der Waals surface area contributed by atoms with Crippen LogP contribution < -0.4 is 5.32 Å². The van der Waals surface area contributed by atoms with Gasteiger partial charge >= 0.3 is 0 Å². The molecule has 114 valence electrons. The molecule has 0 bridgehead atoms. The summed E-state index contributed by atoms with van der Waals surface area (Å²) < 4.78 is 13.5. The lowest BCUT2D eigenvalue weighted by molar-refractivity contribution is 0.597. The third-order valence-corrected chi connectivity index (χ3v) is 5.54. The number of hydrogen-bond donors (Lipinski definition) is 1. The molecule has 0 aliphatic carbocycles. The average Bonchev–Trinajstić information content (AvgIpc) is 3.14. The molecular formula is C17H17FN2S2. The molecule has 0 aliphatic rings. The van der Waals surface area contributed by atoms with Crippen LogP contribution in [0.4, 0.5) is 4.39 Å². The molecule has 0 spiro atoms. The summed E-state index contributed by atoms with van der Waals surface area (Å²) in [4.78, 5) is 8.25. The molecule has 0 radical (unpaired) electrons. The highest BCUT2D eigenvalue weighted by molar-refractivity contribution is 7.21. The lowest BCUT2D eigenvalue weighted by Crippen LogP contribution is -2.16. The summed E-state index contributed by atoms with van der Waals surface area (Å²) in [7, 11) is 0. The van der Waals surface area contributed by atoms with Crippen LogP contribution in [0.25, 0.3) is 9.75 Å². The van der Waals surface area contributed by atoms with Gasteiger partial charge in [-0.1, -0.05) is 18.2 Å². The minimum Gasteiger partial charge on any atom is -0.310 e. The molecule has 0 unspecified atom stereocenters. The fourth-order valence-electron chi connectivity index (χ4n) is 2.19. The van der Waals surface area contributed by atoms with E-state index in [2.05, 4.69) is 29.4 Å². The van der Waals surface area contributed by atoms with E-state index in [4.69, 9.17) is 0 Å². The van der Waals surface area contributed by atoms with Crippen LogP contribution in [0.15, 0.2) is 42.6 Å². The fraction of sp³-hybridized carbons (Fsp3) is 0.235. The minimum atomic E-state index is -0.131. The first-order valence-corrected chi connectivity index (χ1v) is 8.81. The maximum Gasteiger partial charge on any atom is 0.126 e. The predicted molar refractivity (Wildman–Crippen MR) is 92.0 cm³/mol. The largest absolute Gasteiger partial charge is 0.310 e. The van der Waals surface area contributed by atoms with Crippen LogP contribution in [-0.2, 0) is 13.0 Å². The predicted octanol–water partition coefficient (Wildman–Crippen LogP) is 4.65. The molecule has 2 nitrogen and oxygen atoms in total. The van der Waals surface area contributed by atoms with Crippen molar-refractivity contribution in [2.24, 2.45) is 0 Å². The summed E-state index contributed by atoms with van der Waals surface area (Å²) in [6.07, 6.45) is 2.62. The molecule has 1 aromatic carbocycles. The van der Waals surface area contributed by atoms with Crippen molar-refractivity contribution in [2.45, 2.75) is 19.9 Å². The van der Waals surface area contributed by atoms with Crippen LogP contribution in [0.2, 0.25) is 0 Å². The van der Waals surface area contributed by atoms with Crippen LogP contribution in [0.5, 0.6) is 0 Å². The first-order chi connectivity index (χ1) is 10.7. The number of benzene rings is 1. The Hall–Kier alpha value is -1.56. The van der Waals surface area contributed by atoms with Gasteiger partial charge in [-0.2, -0.15) is 0 Å². The molecule has 2 aromatic heterocycles. The monoisotopic (exact) mass is 332 g/mol. The van der Waals surface area contributed by atoms with Crippen LogP contribution in [0.1, 0.15) is 15.4 Å². The van der Waals surface area contributed by atoms with Gasteiger partial charge in [-0.3, -0.25) is 0 Å². The van der Waals surface area contributed by atoms with Crippen LogP contribution in [0.3, 0.4) is 0 Å². The molecule has 0 aliphatic heterocycles. The Morgan fingerprint density at radius 3 is 2.73 bits per heavy atom. The lowest BCUT2D eigenvalue weighted by Gasteiger charge is -2.04. The molecule has 22 heavy (non-hydrogen) atoms. The zero-order chi connectivity index (χ0) is 15.4. The zero-order valence-corrected chi connectivity index (χ0v) is 13.9. The SMILES string of the molecule is Cc1ccc(-c2cnc(CNCCc3ccccc3F)s2)s1. The summed E-state index contributed by atoms with van der Waals surface area (Å²) in [6, 6.07) is 11.2.